The van der Waals surface area contributed by atoms with E-state index in [1.807, 2.05) is 31.2 Å². The van der Waals surface area contributed by atoms with E-state index in [1.165, 1.54) is 4.57 Å². The van der Waals surface area contributed by atoms with Gasteiger partial charge in [-0.1, -0.05) is 24.3 Å². The number of fused-ring (bicyclic) bond motifs is 1. The van der Waals surface area contributed by atoms with Gasteiger partial charge in [0.2, 0.25) is 0 Å². The van der Waals surface area contributed by atoms with Crippen LogP contribution in [0.5, 0.6) is 0 Å². The first kappa shape index (κ1) is 14.3. The van der Waals surface area contributed by atoms with Crippen molar-refractivity contribution in [2.24, 2.45) is 5.73 Å². The van der Waals surface area contributed by atoms with Crippen molar-refractivity contribution in [2.45, 2.75) is 26.6 Å². The summed E-state index contributed by atoms with van der Waals surface area (Å²) in [6.07, 6.45) is 1.58. The molecule has 0 radical (unpaired) electrons. The van der Waals surface area contributed by atoms with Gasteiger partial charge in [0.15, 0.2) is 11.2 Å². The monoisotopic (exact) mass is 299 g/mol. The standard InChI is InChI=1S/C15H17N5O2/c1-2-19-9-17-13-12(19)14(21)18-15(22)20(13)8-11-5-3-10(7-16)4-6-11/h3-6,9H,2,7-8,16H2,1H3,(H,18,21,22). The number of imidazole rings is 1. The molecule has 0 saturated heterocycles. The topological polar surface area (TPSA) is 98.7 Å². The number of hydrogen-bond donors (Lipinski definition) is 2. The predicted octanol–water partition coefficient (Wildman–Crippen LogP) is 0.413. The lowest BCUT2D eigenvalue weighted by Crippen LogP contribution is -2.31. The number of nitrogens with zero attached hydrogens (tertiary/aromatic N) is 3. The number of benzene rings is 1. The van der Waals surface area contributed by atoms with Crippen LogP contribution in [0.25, 0.3) is 11.2 Å². The molecule has 0 unspecified atom stereocenters. The van der Waals surface area contributed by atoms with Gasteiger partial charge in [-0.2, -0.15) is 0 Å². The van der Waals surface area contributed by atoms with E-state index in [1.54, 1.807) is 10.9 Å². The Morgan fingerprint density at radius 1 is 1.18 bits per heavy atom. The van der Waals surface area contributed by atoms with E-state index in [4.69, 9.17) is 5.73 Å². The predicted molar refractivity (Wildman–Crippen MR) is 83.7 cm³/mol. The van der Waals surface area contributed by atoms with Crippen molar-refractivity contribution in [2.75, 3.05) is 0 Å². The first-order valence-electron chi connectivity index (χ1n) is 7.10. The second kappa shape index (κ2) is 5.61. The highest BCUT2D eigenvalue weighted by atomic mass is 16.2. The average molecular weight is 299 g/mol. The molecule has 3 aromatic rings. The molecule has 3 N–H and O–H groups in total. The molecule has 0 bridgehead atoms. The molecule has 2 aromatic heterocycles. The second-order valence-corrected chi connectivity index (χ2v) is 5.07. The molecule has 0 saturated carbocycles. The minimum atomic E-state index is -0.457. The summed E-state index contributed by atoms with van der Waals surface area (Å²) in [6.45, 7) is 3.35. The fourth-order valence-electron chi connectivity index (χ4n) is 2.47. The maximum atomic E-state index is 12.1. The normalized spacial score (nSPS) is 11.2. The van der Waals surface area contributed by atoms with E-state index < -0.39 is 11.2 Å². The van der Waals surface area contributed by atoms with Crippen LogP contribution in [-0.4, -0.2) is 19.1 Å². The fourth-order valence-corrected chi connectivity index (χ4v) is 2.47. The molecule has 7 heteroatoms. The molecule has 0 aliphatic carbocycles. The maximum Gasteiger partial charge on any atom is 0.330 e. The number of aromatic amines is 1. The lowest BCUT2D eigenvalue weighted by molar-refractivity contribution is 0.742. The zero-order valence-corrected chi connectivity index (χ0v) is 12.2. The van der Waals surface area contributed by atoms with Crippen molar-refractivity contribution in [1.82, 2.24) is 19.1 Å². The third kappa shape index (κ3) is 2.35. The highest BCUT2D eigenvalue weighted by Crippen LogP contribution is 2.10. The van der Waals surface area contributed by atoms with Gasteiger partial charge in [0, 0.05) is 13.1 Å². The molecule has 2 heterocycles. The molecule has 114 valence electrons. The van der Waals surface area contributed by atoms with Crippen LogP contribution < -0.4 is 17.0 Å². The number of aryl methyl sites for hydroxylation is 1. The number of H-pyrrole nitrogens is 1. The van der Waals surface area contributed by atoms with Crippen LogP contribution in [-0.2, 0) is 19.6 Å². The van der Waals surface area contributed by atoms with Crippen molar-refractivity contribution < 1.29 is 0 Å². The molecule has 0 spiro atoms. The minimum Gasteiger partial charge on any atom is -0.326 e. The van der Waals surface area contributed by atoms with Crippen LogP contribution in [0, 0.1) is 0 Å². The quantitative estimate of drug-likeness (QED) is 0.729. The number of nitrogens with two attached hydrogens (primary N) is 1. The molecule has 0 fully saturated rings. The number of rotatable bonds is 4. The summed E-state index contributed by atoms with van der Waals surface area (Å²) >= 11 is 0. The smallest absolute Gasteiger partial charge is 0.326 e. The van der Waals surface area contributed by atoms with Crippen LogP contribution in [0.2, 0.25) is 0 Å². The molecule has 22 heavy (non-hydrogen) atoms. The van der Waals surface area contributed by atoms with Crippen LogP contribution in [0.3, 0.4) is 0 Å². The van der Waals surface area contributed by atoms with Crippen molar-refractivity contribution in [1.29, 1.82) is 0 Å². The molecule has 0 amide bonds. The Labute approximate surface area is 126 Å². The number of nitrogens with one attached hydrogen (secondary N) is 1. The minimum absolute atomic E-state index is 0.345. The van der Waals surface area contributed by atoms with Crippen molar-refractivity contribution in [3.05, 3.63) is 62.6 Å². The summed E-state index contributed by atoms with van der Waals surface area (Å²) in [5.41, 5.74) is 7.50. The van der Waals surface area contributed by atoms with Crippen LogP contribution in [0.4, 0.5) is 0 Å². The molecule has 0 aliphatic heterocycles. The Balaban J connectivity index is 2.11. The van der Waals surface area contributed by atoms with Gasteiger partial charge >= 0.3 is 5.69 Å². The zero-order valence-electron chi connectivity index (χ0n) is 12.2. The van der Waals surface area contributed by atoms with E-state index in [0.717, 1.165) is 11.1 Å². The Kier molecular flexibility index (Phi) is 3.64. The van der Waals surface area contributed by atoms with E-state index in [2.05, 4.69) is 9.97 Å². The molecule has 3 rings (SSSR count). The van der Waals surface area contributed by atoms with Gasteiger partial charge in [-0.25, -0.2) is 9.78 Å². The molecular formula is C15H17N5O2. The third-order valence-corrected chi connectivity index (χ3v) is 3.69. The summed E-state index contributed by atoms with van der Waals surface area (Å²) in [6, 6.07) is 7.69. The highest BCUT2D eigenvalue weighted by molar-refractivity contribution is 5.69. The first-order valence-corrected chi connectivity index (χ1v) is 7.10. The Morgan fingerprint density at radius 3 is 2.50 bits per heavy atom. The summed E-state index contributed by atoms with van der Waals surface area (Å²) in [7, 11) is 0. The van der Waals surface area contributed by atoms with Gasteiger partial charge in [0.1, 0.15) is 0 Å². The van der Waals surface area contributed by atoms with Gasteiger partial charge in [-0.05, 0) is 18.1 Å². The molecular weight excluding hydrogens is 282 g/mol. The van der Waals surface area contributed by atoms with Crippen molar-refractivity contribution in [3.63, 3.8) is 0 Å². The lowest BCUT2D eigenvalue weighted by Gasteiger charge is -2.07. The summed E-state index contributed by atoms with van der Waals surface area (Å²) < 4.78 is 3.20. The van der Waals surface area contributed by atoms with Crippen molar-refractivity contribution in [3.8, 4) is 0 Å². The lowest BCUT2D eigenvalue weighted by atomic mass is 10.1. The largest absolute Gasteiger partial charge is 0.330 e. The number of hydrogen-bond acceptors (Lipinski definition) is 4. The van der Waals surface area contributed by atoms with Crippen LogP contribution >= 0.6 is 0 Å². The van der Waals surface area contributed by atoms with Gasteiger partial charge in [0.25, 0.3) is 5.56 Å². The second-order valence-electron chi connectivity index (χ2n) is 5.07. The maximum absolute atomic E-state index is 12.1. The third-order valence-electron chi connectivity index (χ3n) is 3.69. The van der Waals surface area contributed by atoms with E-state index in [9.17, 15) is 9.59 Å². The van der Waals surface area contributed by atoms with Gasteiger partial charge in [0.05, 0.1) is 12.9 Å². The SMILES string of the molecule is CCn1cnc2c1c(=O)[nH]c(=O)n2Cc1ccc(CN)cc1. The Bertz CT molecular complexity index is 918. The molecule has 0 atom stereocenters. The van der Waals surface area contributed by atoms with E-state index in [-0.39, 0.29) is 0 Å². The molecule has 7 nitrogen and oxygen atoms in total. The molecule has 1 aromatic carbocycles. The van der Waals surface area contributed by atoms with Crippen LogP contribution in [0.1, 0.15) is 18.1 Å². The summed E-state index contributed by atoms with van der Waals surface area (Å²) in [5, 5.41) is 0. The Hall–Kier alpha value is -2.67. The zero-order chi connectivity index (χ0) is 15.7. The average Bonchev–Trinajstić information content (AvgIpc) is 2.96. The summed E-state index contributed by atoms with van der Waals surface area (Å²) in [5.74, 6) is 0. The summed E-state index contributed by atoms with van der Waals surface area (Å²) in [4.78, 5) is 30.7. The van der Waals surface area contributed by atoms with Crippen LogP contribution in [0.15, 0.2) is 40.2 Å². The number of aromatic nitrogens is 4. The first-order chi connectivity index (χ1) is 10.6. The van der Waals surface area contributed by atoms with Gasteiger partial charge in [-0.15, -0.1) is 0 Å². The highest BCUT2D eigenvalue weighted by Gasteiger charge is 2.13. The van der Waals surface area contributed by atoms with Gasteiger partial charge < -0.3 is 10.3 Å². The van der Waals surface area contributed by atoms with E-state index in [0.29, 0.717) is 30.8 Å². The molecule has 0 aliphatic rings. The van der Waals surface area contributed by atoms with Gasteiger partial charge in [-0.3, -0.25) is 14.3 Å². The fraction of sp³-hybridized carbons (Fsp3) is 0.267. The Morgan fingerprint density at radius 2 is 1.86 bits per heavy atom. The van der Waals surface area contributed by atoms with Crippen molar-refractivity contribution >= 4 is 11.2 Å². The van der Waals surface area contributed by atoms with E-state index >= 15 is 0 Å².